The first-order chi connectivity index (χ1) is 18.8. The number of nitrogens with zero attached hydrogens (tertiary/aromatic N) is 2. The molecule has 0 N–H and O–H groups in total. The zero-order valence-electron chi connectivity index (χ0n) is 20.5. The molecule has 38 heavy (non-hydrogen) atoms. The number of rotatable bonds is 3. The predicted molar refractivity (Wildman–Crippen MR) is 157 cm³/mol. The minimum Gasteiger partial charge on any atom is -0.454 e. The van der Waals surface area contributed by atoms with Gasteiger partial charge in [-0.15, -0.1) is 0 Å². The predicted octanol–water partition coefficient (Wildman–Crippen LogP) is 9.41. The average Bonchev–Trinajstić information content (AvgIpc) is 3.53. The molecule has 0 spiro atoms. The maximum atomic E-state index is 5.98. The highest BCUT2D eigenvalue weighted by Gasteiger charge is 2.13. The minimum absolute atomic E-state index is 0.810. The lowest BCUT2D eigenvalue weighted by Gasteiger charge is -2.11. The molecule has 0 radical (unpaired) electrons. The van der Waals surface area contributed by atoms with E-state index in [1.54, 1.807) is 0 Å². The summed E-state index contributed by atoms with van der Waals surface area (Å²) in [5.74, 6) is 0. The molecule has 0 amide bonds. The van der Waals surface area contributed by atoms with Crippen molar-refractivity contribution in [3.8, 4) is 28.1 Å². The number of hydrogen-bond acceptors (Lipinski definition) is 2. The van der Waals surface area contributed by atoms with Gasteiger partial charge in [0.2, 0.25) is 0 Å². The summed E-state index contributed by atoms with van der Waals surface area (Å²) in [6, 6.07) is 46.8. The zero-order valence-corrected chi connectivity index (χ0v) is 20.5. The van der Waals surface area contributed by atoms with Gasteiger partial charge in [0.1, 0.15) is 11.1 Å². The molecule has 0 aliphatic heterocycles. The second-order valence-electron chi connectivity index (χ2n) is 9.64. The van der Waals surface area contributed by atoms with Gasteiger partial charge in [-0.1, -0.05) is 78.9 Å². The minimum atomic E-state index is 0.810. The Bertz CT molecular complexity index is 2090. The van der Waals surface area contributed by atoms with Crippen LogP contribution in [0.3, 0.4) is 0 Å². The number of furan rings is 1. The Balaban J connectivity index is 1.25. The molecule has 3 aromatic heterocycles. The van der Waals surface area contributed by atoms with Crippen molar-refractivity contribution in [2.24, 2.45) is 0 Å². The first-order valence-electron chi connectivity index (χ1n) is 12.8. The SMILES string of the molecule is c1cc(-c2cccc(-n3c4ccccc4c4ccccc43)c2)cc(-c2ccc3oc4ccccc4c3n2)c1. The van der Waals surface area contributed by atoms with Crippen LogP contribution < -0.4 is 0 Å². The quantitative estimate of drug-likeness (QED) is 0.249. The summed E-state index contributed by atoms with van der Waals surface area (Å²) < 4.78 is 8.34. The molecule has 3 heterocycles. The maximum Gasteiger partial charge on any atom is 0.153 e. The third kappa shape index (κ3) is 3.19. The van der Waals surface area contributed by atoms with Crippen LogP contribution in [0.5, 0.6) is 0 Å². The second kappa shape index (κ2) is 8.19. The summed E-state index contributed by atoms with van der Waals surface area (Å²) in [4.78, 5) is 5.00. The van der Waals surface area contributed by atoms with E-state index in [-0.39, 0.29) is 0 Å². The van der Waals surface area contributed by atoms with Crippen LogP contribution in [0.1, 0.15) is 0 Å². The average molecular weight is 487 g/mol. The van der Waals surface area contributed by atoms with Gasteiger partial charge < -0.3 is 8.98 Å². The van der Waals surface area contributed by atoms with E-state index in [0.29, 0.717) is 0 Å². The number of para-hydroxylation sites is 3. The Hall–Kier alpha value is -5.15. The molecule has 3 nitrogen and oxygen atoms in total. The third-order valence-corrected chi connectivity index (χ3v) is 7.40. The Morgan fingerprint density at radius 3 is 1.89 bits per heavy atom. The van der Waals surface area contributed by atoms with Gasteiger partial charge >= 0.3 is 0 Å². The van der Waals surface area contributed by atoms with Crippen molar-refractivity contribution in [3.63, 3.8) is 0 Å². The fourth-order valence-corrected chi connectivity index (χ4v) is 5.64. The summed E-state index contributed by atoms with van der Waals surface area (Å²) in [5, 5.41) is 3.58. The summed E-state index contributed by atoms with van der Waals surface area (Å²) in [6.45, 7) is 0. The number of aromatic nitrogens is 2. The summed E-state index contributed by atoms with van der Waals surface area (Å²) in [7, 11) is 0. The van der Waals surface area contributed by atoms with Crippen LogP contribution in [0.25, 0.3) is 71.9 Å². The van der Waals surface area contributed by atoms with Gasteiger partial charge in [0, 0.05) is 27.4 Å². The number of pyridine rings is 1. The summed E-state index contributed by atoms with van der Waals surface area (Å²) in [6.07, 6.45) is 0. The third-order valence-electron chi connectivity index (χ3n) is 7.40. The lowest BCUT2D eigenvalue weighted by atomic mass is 10.0. The highest BCUT2D eigenvalue weighted by atomic mass is 16.3. The molecule has 8 aromatic rings. The molecule has 5 aromatic carbocycles. The largest absolute Gasteiger partial charge is 0.454 e. The molecule has 0 unspecified atom stereocenters. The molecule has 0 saturated carbocycles. The number of benzene rings is 5. The van der Waals surface area contributed by atoms with Crippen LogP contribution in [0, 0.1) is 0 Å². The van der Waals surface area contributed by atoms with Crippen molar-refractivity contribution in [2.75, 3.05) is 0 Å². The van der Waals surface area contributed by atoms with Crippen LogP contribution in [0.15, 0.2) is 138 Å². The van der Waals surface area contributed by atoms with Crippen LogP contribution in [0.2, 0.25) is 0 Å². The smallest absolute Gasteiger partial charge is 0.153 e. The summed E-state index contributed by atoms with van der Waals surface area (Å²) >= 11 is 0. The van der Waals surface area contributed by atoms with Gasteiger partial charge in [0.15, 0.2) is 5.58 Å². The molecule has 0 atom stereocenters. The molecule has 8 rings (SSSR count). The Morgan fingerprint density at radius 1 is 0.474 bits per heavy atom. The topological polar surface area (TPSA) is 31.0 Å². The van der Waals surface area contributed by atoms with Crippen molar-refractivity contribution >= 4 is 43.9 Å². The van der Waals surface area contributed by atoms with Crippen molar-refractivity contribution in [2.45, 2.75) is 0 Å². The zero-order chi connectivity index (χ0) is 25.1. The highest BCUT2D eigenvalue weighted by Crippen LogP contribution is 2.34. The van der Waals surface area contributed by atoms with Gasteiger partial charge in [0.05, 0.1) is 16.7 Å². The van der Waals surface area contributed by atoms with E-state index in [9.17, 15) is 0 Å². The Kier molecular flexibility index (Phi) is 4.52. The van der Waals surface area contributed by atoms with Crippen LogP contribution in [0.4, 0.5) is 0 Å². The van der Waals surface area contributed by atoms with Crippen molar-refractivity contribution in [1.82, 2.24) is 9.55 Å². The molecule has 0 aliphatic rings. The van der Waals surface area contributed by atoms with E-state index < -0.39 is 0 Å². The van der Waals surface area contributed by atoms with Gasteiger partial charge in [0.25, 0.3) is 0 Å². The van der Waals surface area contributed by atoms with Gasteiger partial charge in [-0.2, -0.15) is 0 Å². The molecule has 3 heteroatoms. The molecular weight excluding hydrogens is 464 g/mol. The molecule has 0 fully saturated rings. The van der Waals surface area contributed by atoms with E-state index in [0.717, 1.165) is 44.6 Å². The van der Waals surface area contributed by atoms with Gasteiger partial charge in [-0.3, -0.25) is 0 Å². The lowest BCUT2D eigenvalue weighted by Crippen LogP contribution is -1.94. The molecule has 178 valence electrons. The first-order valence-corrected chi connectivity index (χ1v) is 12.8. The molecule has 0 aliphatic carbocycles. The van der Waals surface area contributed by atoms with E-state index in [4.69, 9.17) is 9.40 Å². The number of fused-ring (bicyclic) bond motifs is 6. The van der Waals surface area contributed by atoms with Crippen molar-refractivity contribution in [3.05, 3.63) is 133 Å². The maximum absolute atomic E-state index is 5.98. The normalized spacial score (nSPS) is 11.7. The van der Waals surface area contributed by atoms with E-state index in [2.05, 4.69) is 108 Å². The van der Waals surface area contributed by atoms with Crippen molar-refractivity contribution < 1.29 is 4.42 Å². The fraction of sp³-hybridized carbons (Fsp3) is 0. The molecular formula is C35H22N2O. The Morgan fingerprint density at radius 2 is 1.11 bits per heavy atom. The second-order valence-corrected chi connectivity index (χ2v) is 9.64. The fourth-order valence-electron chi connectivity index (χ4n) is 5.64. The lowest BCUT2D eigenvalue weighted by molar-refractivity contribution is 0.668. The Labute approximate surface area is 219 Å². The van der Waals surface area contributed by atoms with E-state index in [1.165, 1.54) is 27.4 Å². The monoisotopic (exact) mass is 486 g/mol. The van der Waals surface area contributed by atoms with Gasteiger partial charge in [-0.05, 0) is 65.7 Å². The van der Waals surface area contributed by atoms with E-state index in [1.807, 2.05) is 30.3 Å². The van der Waals surface area contributed by atoms with Crippen LogP contribution in [-0.4, -0.2) is 9.55 Å². The van der Waals surface area contributed by atoms with Crippen LogP contribution >= 0.6 is 0 Å². The molecule has 0 saturated heterocycles. The standard InChI is InChI=1S/C35H22N2O/c1-4-16-31-27(13-1)28-14-2-5-17-32(28)37(31)26-12-8-10-24(22-26)23-9-7-11-25(21-23)30-19-20-34-35(36-30)29-15-3-6-18-33(29)38-34/h1-22H. The number of hydrogen-bond donors (Lipinski definition) is 0. The highest BCUT2D eigenvalue weighted by molar-refractivity contribution is 6.09. The van der Waals surface area contributed by atoms with E-state index >= 15 is 0 Å². The van der Waals surface area contributed by atoms with Crippen molar-refractivity contribution in [1.29, 1.82) is 0 Å². The summed E-state index contributed by atoms with van der Waals surface area (Å²) in [5.41, 5.74) is 10.5. The van der Waals surface area contributed by atoms with Crippen LogP contribution in [-0.2, 0) is 0 Å². The molecule has 0 bridgehead atoms. The first kappa shape index (κ1) is 21.0. The van der Waals surface area contributed by atoms with Gasteiger partial charge in [-0.25, -0.2) is 4.98 Å².